The van der Waals surface area contributed by atoms with Crippen LogP contribution in [0.15, 0.2) is 182 Å². The van der Waals surface area contributed by atoms with Gasteiger partial charge in [-0.15, -0.1) is 0 Å². The molecule has 0 saturated carbocycles. The first kappa shape index (κ1) is 36.6. The average Bonchev–Trinajstić information content (AvgIpc) is 4.26. The third-order valence-corrected chi connectivity index (χ3v) is 15.6. The molecule has 7 aromatic heterocycles. The molecule has 1 aliphatic rings. The van der Waals surface area contributed by atoms with E-state index >= 15 is 0 Å². The third-order valence-electron chi connectivity index (χ3n) is 15.6. The van der Waals surface area contributed by atoms with Crippen molar-refractivity contribution in [2.75, 3.05) is 0 Å². The Hall–Kier alpha value is -9.46. The van der Waals surface area contributed by atoms with E-state index in [1.165, 1.54) is 136 Å². The van der Waals surface area contributed by atoms with Crippen LogP contribution in [-0.2, 0) is 6.42 Å². The van der Waals surface area contributed by atoms with E-state index in [0.29, 0.717) is 0 Å². The maximum Gasteiger partial charge on any atom is 0.0972 e. The molecule has 0 fully saturated rings. The number of aromatic nitrogens is 7. The third kappa shape index (κ3) is 4.87. The van der Waals surface area contributed by atoms with Crippen molar-refractivity contribution >= 4 is 152 Å². The number of fused-ring (bicyclic) bond motifs is 27. The SMILES string of the molecule is c1ccc2c(c1)[nH]c1cc3c(cc12)Cc1cnc2c(ccc4c2ncc2[nH]c5cc6c(cc5c24)[nH]c2ccccc26)c1-3.c1ccc2c(c1)ccc1[nH]c3cc4c(cc3c12)[nH]c1ccc2ccccc2c14. The molecule has 7 nitrogen and oxygen atoms in total. The van der Waals surface area contributed by atoms with Crippen LogP contribution in [0.3, 0.4) is 0 Å². The van der Waals surface area contributed by atoms with Gasteiger partial charge in [0.2, 0.25) is 0 Å². The van der Waals surface area contributed by atoms with Gasteiger partial charge >= 0.3 is 0 Å². The Morgan fingerprint density at radius 3 is 1.39 bits per heavy atom. The highest BCUT2D eigenvalue weighted by molar-refractivity contribution is 6.28. The van der Waals surface area contributed by atoms with Gasteiger partial charge in [0.05, 0.1) is 22.7 Å². The zero-order chi connectivity index (χ0) is 45.3. The number of hydrogen-bond acceptors (Lipinski definition) is 2. The summed E-state index contributed by atoms with van der Waals surface area (Å²) in [4.78, 5) is 28.2. The van der Waals surface area contributed by atoms with Gasteiger partial charge in [-0.25, -0.2) is 0 Å². The number of aromatic amines is 5. The lowest BCUT2D eigenvalue weighted by molar-refractivity contribution is 1.23. The van der Waals surface area contributed by atoms with Crippen molar-refractivity contribution < 1.29 is 0 Å². The molecule has 1 aliphatic carbocycles. The number of nitrogens with zero attached hydrogens (tertiary/aromatic N) is 2. The summed E-state index contributed by atoms with van der Waals surface area (Å²) in [5.41, 5.74) is 18.7. The Balaban J connectivity index is 0.000000127. The summed E-state index contributed by atoms with van der Waals surface area (Å²) in [5.74, 6) is 0. The van der Waals surface area contributed by atoms with Crippen molar-refractivity contribution in [3.05, 3.63) is 193 Å². The minimum atomic E-state index is 0.899. The van der Waals surface area contributed by atoms with Crippen LogP contribution < -0.4 is 0 Å². The number of hydrogen-bond donors (Lipinski definition) is 5. The van der Waals surface area contributed by atoms with Crippen LogP contribution in [-0.4, -0.2) is 34.9 Å². The molecule has 0 saturated heterocycles. The molecule has 0 amide bonds. The Bertz CT molecular complexity index is 5040. The molecule has 7 heteroatoms. The van der Waals surface area contributed by atoms with Crippen LogP contribution in [0.5, 0.6) is 0 Å². The lowest BCUT2D eigenvalue weighted by Crippen LogP contribution is -1.90. The van der Waals surface area contributed by atoms with Crippen molar-refractivity contribution in [3.8, 4) is 11.1 Å². The first-order chi connectivity index (χ1) is 34.6. The smallest absolute Gasteiger partial charge is 0.0972 e. The van der Waals surface area contributed by atoms with Crippen LogP contribution in [0.2, 0.25) is 0 Å². The van der Waals surface area contributed by atoms with Crippen molar-refractivity contribution in [1.29, 1.82) is 0 Å². The highest BCUT2D eigenvalue weighted by Crippen LogP contribution is 2.46. The van der Waals surface area contributed by atoms with Crippen LogP contribution in [0.4, 0.5) is 0 Å². The molecule has 7 heterocycles. The van der Waals surface area contributed by atoms with E-state index in [1.54, 1.807) is 0 Å². The molecule has 0 spiro atoms. The Morgan fingerprint density at radius 2 is 0.743 bits per heavy atom. The van der Waals surface area contributed by atoms with Gasteiger partial charge in [0.25, 0.3) is 0 Å². The quantitative estimate of drug-likeness (QED) is 0.0979. The van der Waals surface area contributed by atoms with Crippen molar-refractivity contribution in [2.45, 2.75) is 6.42 Å². The molecule has 70 heavy (non-hydrogen) atoms. The number of rotatable bonds is 0. The summed E-state index contributed by atoms with van der Waals surface area (Å²) in [5, 5.41) is 20.0. The molecule has 17 aromatic rings. The maximum atomic E-state index is 5.03. The van der Waals surface area contributed by atoms with Gasteiger partial charge < -0.3 is 24.9 Å². The second kappa shape index (κ2) is 13.2. The van der Waals surface area contributed by atoms with Gasteiger partial charge in [-0.3, -0.25) is 9.97 Å². The largest absolute Gasteiger partial charge is 0.354 e. The zero-order valence-electron chi connectivity index (χ0n) is 37.4. The first-order valence-corrected chi connectivity index (χ1v) is 24.0. The van der Waals surface area contributed by atoms with Gasteiger partial charge in [0, 0.05) is 127 Å². The van der Waals surface area contributed by atoms with E-state index in [9.17, 15) is 0 Å². The van der Waals surface area contributed by atoms with Gasteiger partial charge in [-0.2, -0.15) is 0 Å². The molecule has 0 atom stereocenters. The molecule has 18 rings (SSSR count). The normalized spacial score (nSPS) is 12.8. The van der Waals surface area contributed by atoms with Crippen molar-refractivity contribution in [1.82, 2.24) is 34.9 Å². The van der Waals surface area contributed by atoms with Crippen molar-refractivity contribution in [3.63, 3.8) is 0 Å². The molecule has 5 N–H and O–H groups in total. The predicted octanol–water partition coefficient (Wildman–Crippen LogP) is 16.5. The lowest BCUT2D eigenvalue weighted by Gasteiger charge is -2.09. The topological polar surface area (TPSA) is 105 Å². The Kier molecular flexibility index (Phi) is 6.88. The summed E-state index contributed by atoms with van der Waals surface area (Å²) in [6.45, 7) is 0. The van der Waals surface area contributed by atoms with Gasteiger partial charge in [-0.05, 0) is 104 Å². The highest BCUT2D eigenvalue weighted by Gasteiger charge is 2.25. The average molecular weight is 892 g/mol. The summed E-state index contributed by atoms with van der Waals surface area (Å²) >= 11 is 0. The second-order valence-corrected chi connectivity index (χ2v) is 19.3. The lowest BCUT2D eigenvalue weighted by atomic mass is 9.97. The van der Waals surface area contributed by atoms with Crippen LogP contribution in [0, 0.1) is 0 Å². The summed E-state index contributed by atoms with van der Waals surface area (Å²) < 4.78 is 0. The van der Waals surface area contributed by atoms with Crippen molar-refractivity contribution in [2.24, 2.45) is 0 Å². The minimum absolute atomic E-state index is 0.899. The zero-order valence-corrected chi connectivity index (χ0v) is 37.4. The number of H-pyrrole nitrogens is 5. The fourth-order valence-corrected chi connectivity index (χ4v) is 12.5. The standard InChI is InChI=1S/C37H21N5.C26H16N2/c1-3-7-28-20(5-1)25-12-18-11-19-16-38-36-22(34(19)24(18)13-30(25)40-28)9-10-23-35-27-15-31-26(21-6-2-4-8-29(21)41-31)14-32(27)42-33(35)17-39-37(23)36;1-3-7-17-15(5-1)9-11-21-25(17)19-13-24-20(14-23(19)27-21)26-18-8-4-2-6-16(18)10-12-22(26)28-24/h1-10,12-17,40-42H,11H2;1-14,27-28H. The van der Waals surface area contributed by atoms with E-state index in [4.69, 9.17) is 9.97 Å². The maximum absolute atomic E-state index is 5.03. The van der Waals surface area contributed by atoms with Crippen LogP contribution >= 0.6 is 0 Å². The Labute approximate surface area is 396 Å². The van der Waals surface area contributed by atoms with E-state index in [0.717, 1.165) is 44.9 Å². The molecule has 0 bridgehead atoms. The fraction of sp³-hybridized carbons (Fsp3) is 0.0159. The van der Waals surface area contributed by atoms with E-state index in [-0.39, 0.29) is 0 Å². The van der Waals surface area contributed by atoms with Crippen LogP contribution in [0.25, 0.3) is 164 Å². The first-order valence-electron chi connectivity index (χ1n) is 24.0. The highest BCUT2D eigenvalue weighted by atomic mass is 14.8. The predicted molar refractivity (Wildman–Crippen MR) is 294 cm³/mol. The number of para-hydroxylation sites is 2. The van der Waals surface area contributed by atoms with E-state index in [2.05, 4.69) is 201 Å². The summed E-state index contributed by atoms with van der Waals surface area (Å²) in [6, 6.07) is 61.4. The monoisotopic (exact) mass is 891 g/mol. The number of nitrogens with one attached hydrogen (secondary N) is 5. The molecule has 10 aromatic carbocycles. The molecular weight excluding hydrogens is 855 g/mol. The van der Waals surface area contributed by atoms with E-state index < -0.39 is 0 Å². The van der Waals surface area contributed by atoms with Gasteiger partial charge in [0.1, 0.15) is 0 Å². The minimum Gasteiger partial charge on any atom is -0.354 e. The summed E-state index contributed by atoms with van der Waals surface area (Å²) in [6.07, 6.45) is 4.94. The van der Waals surface area contributed by atoms with Gasteiger partial charge in [0.15, 0.2) is 0 Å². The van der Waals surface area contributed by atoms with Gasteiger partial charge in [-0.1, -0.05) is 109 Å². The molecule has 0 unspecified atom stereocenters. The summed E-state index contributed by atoms with van der Waals surface area (Å²) in [7, 11) is 0. The number of benzene rings is 10. The second-order valence-electron chi connectivity index (χ2n) is 19.3. The van der Waals surface area contributed by atoms with E-state index in [1.807, 2.05) is 6.20 Å². The fourth-order valence-electron chi connectivity index (χ4n) is 12.5. The molecule has 324 valence electrons. The Morgan fingerprint density at radius 1 is 0.286 bits per heavy atom. The molecule has 0 aliphatic heterocycles. The van der Waals surface area contributed by atoms with Crippen LogP contribution in [0.1, 0.15) is 11.1 Å². The molecule has 0 radical (unpaired) electrons. The molecular formula is C63H37N7. The number of pyridine rings is 2.